The predicted octanol–water partition coefficient (Wildman–Crippen LogP) is 6.60. The van der Waals surface area contributed by atoms with Gasteiger partial charge in [0.05, 0.1) is 31.8 Å². The maximum Gasteiger partial charge on any atom is 0.438 e. The number of imide groups is 1. The number of unbranched alkanes of at least 4 members (excludes halogenated alkanes) is 3. The number of thioether (sulfide) groups is 1. The number of rotatable bonds is 13. The van der Waals surface area contributed by atoms with Crippen LogP contribution < -0.4 is 14.4 Å². The summed E-state index contributed by atoms with van der Waals surface area (Å²) >= 11 is 1.05. The number of ether oxygens (including phenoxy) is 3. The Balaban J connectivity index is 1.42. The van der Waals surface area contributed by atoms with Gasteiger partial charge in [0.25, 0.3) is 5.91 Å². The molecular weight excluding hydrogens is 580 g/mol. The molecule has 2 aliphatic rings. The van der Waals surface area contributed by atoms with Crippen LogP contribution in [-0.2, 0) is 11.2 Å². The molecule has 0 bridgehead atoms. The molecule has 0 saturated carbocycles. The van der Waals surface area contributed by atoms with Gasteiger partial charge in [-0.3, -0.25) is 9.59 Å². The van der Waals surface area contributed by atoms with Gasteiger partial charge >= 0.3 is 11.3 Å². The molecule has 4 rings (SSSR count). The molecule has 0 spiro atoms. The Morgan fingerprint density at radius 2 is 1.75 bits per heavy atom. The summed E-state index contributed by atoms with van der Waals surface area (Å²) in [6, 6.07) is 11.0. The Kier molecular flexibility index (Phi) is 12.1. The number of carbonyl (C=O) groups is 3. The zero-order valence-corrected chi connectivity index (χ0v) is 27.3. The minimum absolute atomic E-state index is 0.123. The topological polar surface area (TPSA) is 101 Å². The van der Waals surface area contributed by atoms with Gasteiger partial charge < -0.3 is 24.0 Å². The van der Waals surface area contributed by atoms with Crippen molar-refractivity contribution in [3.8, 4) is 11.5 Å². The first-order valence-electron chi connectivity index (χ1n) is 15.5. The summed E-state index contributed by atoms with van der Waals surface area (Å²) in [5.41, 5.74) is 3.78. The Morgan fingerprint density at radius 3 is 2.48 bits per heavy atom. The van der Waals surface area contributed by atoms with Crippen LogP contribution in [0.2, 0.25) is 0 Å². The highest BCUT2D eigenvalue weighted by Gasteiger charge is 2.34. The van der Waals surface area contributed by atoms with E-state index < -0.39 is 11.3 Å². The first-order valence-corrected chi connectivity index (χ1v) is 16.3. The van der Waals surface area contributed by atoms with E-state index in [0.29, 0.717) is 29.3 Å². The minimum atomic E-state index is -0.750. The first-order chi connectivity index (χ1) is 21.3. The van der Waals surface area contributed by atoms with E-state index in [-0.39, 0.29) is 17.8 Å². The standard InChI is InChI=1S/C33H44N4O6S/c1-6-35(7-2)18-10-8-9-11-20-43-32(39)37-33(40)44-23(3)30(34-37)25-14-16-27-24(21-25)13-12-19-36(27)31(38)26-15-17-28(41-4)29(22-26)42-5/h14-17,21-23H,6-13,18-20H2,1-5H3. The molecule has 10 nitrogen and oxygen atoms in total. The highest BCUT2D eigenvalue weighted by atomic mass is 32.2. The quantitative estimate of drug-likeness (QED) is 0.230. The highest BCUT2D eigenvalue weighted by molar-refractivity contribution is 8.14. The lowest BCUT2D eigenvalue weighted by atomic mass is 9.96. The third-order valence-corrected chi connectivity index (χ3v) is 9.03. The average Bonchev–Trinajstić information content (AvgIpc) is 3.04. The van der Waals surface area contributed by atoms with E-state index in [2.05, 4.69) is 23.8 Å². The Hall–Kier alpha value is -3.57. The third kappa shape index (κ3) is 7.92. The Morgan fingerprint density at radius 1 is 1.00 bits per heavy atom. The van der Waals surface area contributed by atoms with Gasteiger partial charge in [0, 0.05) is 17.8 Å². The number of carbonyl (C=O) groups excluding carboxylic acids is 3. The summed E-state index contributed by atoms with van der Waals surface area (Å²) < 4.78 is 16.1. The largest absolute Gasteiger partial charge is 0.493 e. The molecule has 2 heterocycles. The van der Waals surface area contributed by atoms with Crippen molar-refractivity contribution in [2.75, 3.05) is 51.9 Å². The first kappa shape index (κ1) is 33.3. The highest BCUT2D eigenvalue weighted by Crippen LogP contribution is 2.34. The van der Waals surface area contributed by atoms with Crippen molar-refractivity contribution in [1.29, 1.82) is 0 Å². The minimum Gasteiger partial charge on any atom is -0.493 e. The summed E-state index contributed by atoms with van der Waals surface area (Å²) in [6.45, 7) is 10.3. The fraction of sp³-hybridized carbons (Fsp3) is 0.515. The lowest BCUT2D eigenvalue weighted by molar-refractivity contribution is 0.0984. The maximum atomic E-state index is 13.5. The van der Waals surface area contributed by atoms with Crippen LogP contribution in [0.1, 0.15) is 74.4 Å². The van der Waals surface area contributed by atoms with Crippen LogP contribution in [-0.4, -0.2) is 85.1 Å². The van der Waals surface area contributed by atoms with Crippen molar-refractivity contribution in [2.45, 2.75) is 64.5 Å². The van der Waals surface area contributed by atoms with E-state index in [9.17, 15) is 14.4 Å². The van der Waals surface area contributed by atoms with Crippen LogP contribution in [0.15, 0.2) is 41.5 Å². The van der Waals surface area contributed by atoms with Gasteiger partial charge in [0.1, 0.15) is 0 Å². The number of hydrogen-bond donors (Lipinski definition) is 0. The fourth-order valence-electron chi connectivity index (χ4n) is 5.54. The van der Waals surface area contributed by atoms with Crippen molar-refractivity contribution in [3.63, 3.8) is 0 Å². The molecule has 44 heavy (non-hydrogen) atoms. The molecule has 2 aliphatic heterocycles. The zero-order valence-electron chi connectivity index (χ0n) is 26.5. The lowest BCUT2D eigenvalue weighted by Crippen LogP contribution is -2.38. The second-order valence-corrected chi connectivity index (χ2v) is 12.1. The average molecular weight is 625 g/mol. The summed E-state index contributed by atoms with van der Waals surface area (Å²) in [7, 11) is 3.10. The van der Waals surface area contributed by atoms with E-state index in [0.717, 1.165) is 91.7 Å². The summed E-state index contributed by atoms with van der Waals surface area (Å²) in [5.74, 6) is 0.934. The molecule has 0 N–H and O–H groups in total. The van der Waals surface area contributed by atoms with Gasteiger partial charge in [-0.05, 0) is 93.7 Å². The fourth-order valence-corrected chi connectivity index (χ4v) is 6.35. The van der Waals surface area contributed by atoms with Crippen molar-refractivity contribution >= 4 is 40.4 Å². The van der Waals surface area contributed by atoms with Crippen LogP contribution in [0.4, 0.5) is 15.3 Å². The lowest BCUT2D eigenvalue weighted by Gasteiger charge is -2.31. The van der Waals surface area contributed by atoms with Crippen LogP contribution >= 0.6 is 11.8 Å². The molecule has 1 unspecified atom stereocenters. The normalized spacial score (nSPS) is 16.5. The monoisotopic (exact) mass is 624 g/mol. The zero-order chi connectivity index (χ0) is 31.6. The number of anilines is 1. The number of aryl methyl sites for hydroxylation is 1. The van der Waals surface area contributed by atoms with Crippen LogP contribution in [0.5, 0.6) is 11.5 Å². The van der Waals surface area contributed by atoms with Crippen LogP contribution in [0.3, 0.4) is 0 Å². The van der Waals surface area contributed by atoms with E-state index >= 15 is 0 Å². The number of hydrazone groups is 1. The molecule has 0 fully saturated rings. The molecule has 2 aromatic carbocycles. The number of amides is 3. The Labute approximate surface area is 264 Å². The molecule has 2 aromatic rings. The van der Waals surface area contributed by atoms with Gasteiger partial charge in [-0.15, -0.1) is 5.01 Å². The van der Waals surface area contributed by atoms with E-state index in [1.807, 2.05) is 25.1 Å². The maximum absolute atomic E-state index is 13.5. The number of fused-ring (bicyclic) bond motifs is 1. The number of benzene rings is 2. The van der Waals surface area contributed by atoms with Crippen LogP contribution in [0, 0.1) is 0 Å². The van der Waals surface area contributed by atoms with Gasteiger partial charge in [-0.2, -0.15) is 5.10 Å². The molecule has 0 radical (unpaired) electrons. The van der Waals surface area contributed by atoms with Gasteiger partial charge in [0.15, 0.2) is 11.5 Å². The van der Waals surface area contributed by atoms with Gasteiger partial charge in [0.2, 0.25) is 0 Å². The third-order valence-electron chi connectivity index (χ3n) is 8.07. The molecule has 1 atom stereocenters. The SMILES string of the molecule is CCN(CC)CCCCCCOC(=O)N1N=C(c2ccc3c(c2)CCCN3C(=O)c2ccc(OC)c(OC)c2)C(C)SC1=O. The van der Waals surface area contributed by atoms with Crippen molar-refractivity contribution < 1.29 is 28.6 Å². The molecular formula is C33H44N4O6S. The predicted molar refractivity (Wildman–Crippen MR) is 174 cm³/mol. The van der Waals surface area contributed by atoms with E-state index in [4.69, 9.17) is 14.2 Å². The van der Waals surface area contributed by atoms with E-state index in [1.54, 1.807) is 37.3 Å². The Bertz CT molecular complexity index is 1360. The molecule has 11 heteroatoms. The molecule has 0 aliphatic carbocycles. The van der Waals surface area contributed by atoms with E-state index in [1.165, 1.54) is 0 Å². The number of nitrogens with zero attached hydrogens (tertiary/aromatic N) is 4. The van der Waals surface area contributed by atoms with Gasteiger partial charge in [-0.25, -0.2) is 4.79 Å². The number of hydrogen-bond acceptors (Lipinski definition) is 9. The van der Waals surface area contributed by atoms with Gasteiger partial charge in [-0.1, -0.05) is 44.5 Å². The van der Waals surface area contributed by atoms with Crippen LogP contribution in [0.25, 0.3) is 0 Å². The summed E-state index contributed by atoms with van der Waals surface area (Å²) in [4.78, 5) is 43.2. The number of methoxy groups -OCH3 is 2. The molecule has 238 valence electrons. The van der Waals surface area contributed by atoms with Crippen molar-refractivity contribution in [1.82, 2.24) is 9.91 Å². The molecule has 3 amide bonds. The summed E-state index contributed by atoms with van der Waals surface area (Å²) in [6.07, 6.45) is 4.75. The van der Waals surface area contributed by atoms with Crippen molar-refractivity contribution in [2.24, 2.45) is 5.10 Å². The molecule has 0 aromatic heterocycles. The second-order valence-electron chi connectivity index (χ2n) is 10.9. The second kappa shape index (κ2) is 15.9. The van der Waals surface area contributed by atoms with Crippen molar-refractivity contribution in [3.05, 3.63) is 53.1 Å². The molecule has 0 saturated heterocycles. The summed E-state index contributed by atoms with van der Waals surface area (Å²) in [5, 5.41) is 4.60. The smallest absolute Gasteiger partial charge is 0.438 e.